The van der Waals surface area contributed by atoms with Gasteiger partial charge in [0.15, 0.2) is 0 Å². The second-order valence-corrected chi connectivity index (χ2v) is 4.98. The topological polar surface area (TPSA) is 84.8 Å². The molecule has 0 saturated heterocycles. The number of non-ortho nitro benzene ring substituents is 1. The lowest BCUT2D eigenvalue weighted by molar-refractivity contribution is -0.384. The van der Waals surface area contributed by atoms with E-state index in [4.69, 9.17) is 5.73 Å². The molecule has 0 amide bonds. The van der Waals surface area contributed by atoms with Crippen molar-refractivity contribution in [2.24, 2.45) is 10.8 Å². The first-order valence-electron chi connectivity index (χ1n) is 6.67. The van der Waals surface area contributed by atoms with Gasteiger partial charge < -0.3 is 5.73 Å². The molecule has 6 nitrogen and oxygen atoms in total. The molecule has 0 aliphatic carbocycles. The molecular formula is C15H13FN4O2. The first kappa shape index (κ1) is 14.0. The zero-order valence-electron chi connectivity index (χ0n) is 11.5. The van der Waals surface area contributed by atoms with Crippen LogP contribution in [0.3, 0.4) is 0 Å². The SMILES string of the molecule is NC1=NN(c2ccc([N+](=O)[O-])cc2)[C@@H](c2ccc(F)cc2)C1. The molecule has 2 aromatic rings. The van der Waals surface area contributed by atoms with Gasteiger partial charge in [0.05, 0.1) is 16.7 Å². The summed E-state index contributed by atoms with van der Waals surface area (Å²) in [5.74, 6) is 0.158. The highest BCUT2D eigenvalue weighted by molar-refractivity contribution is 5.85. The van der Waals surface area contributed by atoms with Gasteiger partial charge in [-0.1, -0.05) is 12.1 Å². The van der Waals surface area contributed by atoms with Gasteiger partial charge in [0.2, 0.25) is 0 Å². The van der Waals surface area contributed by atoms with Gasteiger partial charge in [-0.05, 0) is 29.8 Å². The van der Waals surface area contributed by atoms with Gasteiger partial charge in [0.1, 0.15) is 11.7 Å². The van der Waals surface area contributed by atoms with Gasteiger partial charge in [-0.15, -0.1) is 0 Å². The van der Waals surface area contributed by atoms with E-state index in [2.05, 4.69) is 5.10 Å². The average molecular weight is 300 g/mol. The van der Waals surface area contributed by atoms with Gasteiger partial charge >= 0.3 is 0 Å². The number of nitro groups is 1. The zero-order chi connectivity index (χ0) is 15.7. The number of hydrogen-bond donors (Lipinski definition) is 1. The van der Waals surface area contributed by atoms with E-state index in [1.54, 1.807) is 29.3 Å². The fraction of sp³-hybridized carbons (Fsp3) is 0.133. The molecule has 7 heteroatoms. The van der Waals surface area contributed by atoms with Crippen molar-refractivity contribution in [1.29, 1.82) is 0 Å². The number of nitrogens with zero attached hydrogens (tertiary/aromatic N) is 3. The van der Waals surface area contributed by atoms with Gasteiger partial charge in [0, 0.05) is 18.6 Å². The molecule has 2 N–H and O–H groups in total. The smallest absolute Gasteiger partial charge is 0.269 e. The molecule has 0 radical (unpaired) electrons. The molecule has 0 bridgehead atoms. The monoisotopic (exact) mass is 300 g/mol. The molecule has 1 aliphatic rings. The van der Waals surface area contributed by atoms with E-state index in [9.17, 15) is 14.5 Å². The lowest BCUT2D eigenvalue weighted by Gasteiger charge is -2.23. The van der Waals surface area contributed by atoms with Gasteiger partial charge in [-0.2, -0.15) is 5.10 Å². The molecule has 0 fully saturated rings. The van der Waals surface area contributed by atoms with E-state index in [1.165, 1.54) is 24.3 Å². The van der Waals surface area contributed by atoms with Crippen molar-refractivity contribution in [2.45, 2.75) is 12.5 Å². The van der Waals surface area contributed by atoms with Crippen LogP contribution in [0, 0.1) is 15.9 Å². The van der Waals surface area contributed by atoms with E-state index in [0.717, 1.165) is 5.56 Å². The van der Waals surface area contributed by atoms with Crippen molar-refractivity contribution < 1.29 is 9.31 Å². The maximum Gasteiger partial charge on any atom is 0.269 e. The van der Waals surface area contributed by atoms with Crippen LogP contribution < -0.4 is 10.7 Å². The Morgan fingerprint density at radius 1 is 1.18 bits per heavy atom. The molecule has 22 heavy (non-hydrogen) atoms. The minimum absolute atomic E-state index is 0.0123. The van der Waals surface area contributed by atoms with Crippen molar-refractivity contribution in [1.82, 2.24) is 0 Å². The number of nitrogens with two attached hydrogens (primary N) is 1. The average Bonchev–Trinajstić information content (AvgIpc) is 2.90. The number of hydrogen-bond acceptors (Lipinski definition) is 5. The molecule has 1 heterocycles. The molecule has 0 spiro atoms. The lowest BCUT2D eigenvalue weighted by Crippen LogP contribution is -2.18. The summed E-state index contributed by atoms with van der Waals surface area (Å²) in [6, 6.07) is 12.1. The minimum atomic E-state index is -0.456. The highest BCUT2D eigenvalue weighted by atomic mass is 19.1. The fourth-order valence-corrected chi connectivity index (χ4v) is 2.44. The van der Waals surface area contributed by atoms with Crippen LogP contribution in [0.1, 0.15) is 18.0 Å². The largest absolute Gasteiger partial charge is 0.386 e. The molecule has 2 aromatic carbocycles. The summed E-state index contributed by atoms with van der Waals surface area (Å²) in [5.41, 5.74) is 7.41. The minimum Gasteiger partial charge on any atom is -0.386 e. The summed E-state index contributed by atoms with van der Waals surface area (Å²) < 4.78 is 13.1. The third-order valence-corrected chi connectivity index (χ3v) is 3.51. The second kappa shape index (κ2) is 5.44. The quantitative estimate of drug-likeness (QED) is 0.697. The molecule has 0 unspecified atom stereocenters. The Morgan fingerprint density at radius 2 is 1.82 bits per heavy atom. The highest BCUT2D eigenvalue weighted by Gasteiger charge is 2.28. The Balaban J connectivity index is 1.92. The molecular weight excluding hydrogens is 287 g/mol. The van der Waals surface area contributed by atoms with Crippen LogP contribution in [-0.4, -0.2) is 10.8 Å². The molecule has 0 aromatic heterocycles. The Labute approximate surface area is 125 Å². The molecule has 1 atom stereocenters. The van der Waals surface area contributed by atoms with E-state index < -0.39 is 4.92 Å². The van der Waals surface area contributed by atoms with Crippen LogP contribution in [-0.2, 0) is 0 Å². The Morgan fingerprint density at radius 3 is 2.41 bits per heavy atom. The first-order valence-corrected chi connectivity index (χ1v) is 6.67. The van der Waals surface area contributed by atoms with Crippen LogP contribution in [0.2, 0.25) is 0 Å². The van der Waals surface area contributed by atoms with Crippen LogP contribution in [0.4, 0.5) is 15.8 Å². The zero-order valence-corrected chi connectivity index (χ0v) is 11.5. The van der Waals surface area contributed by atoms with Crippen molar-refractivity contribution in [3.63, 3.8) is 0 Å². The Kier molecular flexibility index (Phi) is 3.46. The normalized spacial score (nSPS) is 17.4. The predicted molar refractivity (Wildman–Crippen MR) is 81.0 cm³/mol. The fourth-order valence-electron chi connectivity index (χ4n) is 2.44. The standard InChI is InChI=1S/C15H13FN4O2/c16-11-3-1-10(2-4-11)14-9-15(17)18-19(14)12-5-7-13(8-6-12)20(21)22/h1-8,14H,9H2,(H2,17,18)/t14-/m1/s1. The number of rotatable bonds is 3. The summed E-state index contributed by atoms with van der Waals surface area (Å²) in [7, 11) is 0. The lowest BCUT2D eigenvalue weighted by atomic mass is 10.0. The number of halogens is 1. The van der Waals surface area contributed by atoms with Crippen molar-refractivity contribution in [3.05, 3.63) is 70.0 Å². The van der Waals surface area contributed by atoms with Crippen LogP contribution in [0.5, 0.6) is 0 Å². The van der Waals surface area contributed by atoms with E-state index >= 15 is 0 Å². The summed E-state index contributed by atoms with van der Waals surface area (Å²) in [5, 5.41) is 16.7. The van der Waals surface area contributed by atoms with E-state index in [-0.39, 0.29) is 17.5 Å². The van der Waals surface area contributed by atoms with Gasteiger partial charge in [0.25, 0.3) is 5.69 Å². The van der Waals surface area contributed by atoms with Crippen LogP contribution >= 0.6 is 0 Å². The van der Waals surface area contributed by atoms with Gasteiger partial charge in [-0.25, -0.2) is 4.39 Å². The third-order valence-electron chi connectivity index (χ3n) is 3.51. The number of amidine groups is 1. The second-order valence-electron chi connectivity index (χ2n) is 4.98. The van der Waals surface area contributed by atoms with Crippen molar-refractivity contribution in [2.75, 3.05) is 5.01 Å². The maximum absolute atomic E-state index is 13.1. The molecule has 1 aliphatic heterocycles. The number of hydrazone groups is 1. The highest BCUT2D eigenvalue weighted by Crippen LogP contribution is 2.34. The van der Waals surface area contributed by atoms with Gasteiger partial charge in [-0.3, -0.25) is 15.1 Å². The summed E-state index contributed by atoms with van der Waals surface area (Å²) in [6.45, 7) is 0. The summed E-state index contributed by atoms with van der Waals surface area (Å²) >= 11 is 0. The predicted octanol–water partition coefficient (Wildman–Crippen LogP) is 2.96. The summed E-state index contributed by atoms with van der Waals surface area (Å²) in [4.78, 5) is 10.3. The maximum atomic E-state index is 13.1. The Hall–Kier alpha value is -2.96. The van der Waals surface area contributed by atoms with E-state index in [0.29, 0.717) is 17.9 Å². The van der Waals surface area contributed by atoms with Crippen molar-refractivity contribution >= 4 is 17.2 Å². The molecule has 112 valence electrons. The van der Waals surface area contributed by atoms with Crippen molar-refractivity contribution in [3.8, 4) is 0 Å². The van der Waals surface area contributed by atoms with Crippen LogP contribution in [0.15, 0.2) is 53.6 Å². The van der Waals surface area contributed by atoms with Crippen LogP contribution in [0.25, 0.3) is 0 Å². The van der Waals surface area contributed by atoms with E-state index in [1.807, 2.05) is 0 Å². The number of anilines is 1. The summed E-state index contributed by atoms with van der Waals surface area (Å²) in [6.07, 6.45) is 0.516. The molecule has 0 saturated carbocycles. The number of nitro benzene ring substituents is 1. The third kappa shape index (κ3) is 2.60. The first-order chi connectivity index (χ1) is 10.5. The number of benzene rings is 2. The Bertz CT molecular complexity index is 728. The molecule has 3 rings (SSSR count).